The van der Waals surface area contributed by atoms with Crippen LogP contribution in [0.25, 0.3) is 0 Å². The summed E-state index contributed by atoms with van der Waals surface area (Å²) in [6.07, 6.45) is -4.47. The van der Waals surface area contributed by atoms with E-state index < -0.39 is 18.6 Å². The number of rotatable bonds is 8. The Labute approximate surface area is 144 Å². The van der Waals surface area contributed by atoms with E-state index in [2.05, 4.69) is 10.6 Å². The van der Waals surface area contributed by atoms with Gasteiger partial charge in [-0.25, -0.2) is 0 Å². The number of alkyl halides is 3. The van der Waals surface area contributed by atoms with E-state index in [1.54, 1.807) is 25.2 Å². The summed E-state index contributed by atoms with van der Waals surface area (Å²) in [7, 11) is 1.53. The summed E-state index contributed by atoms with van der Waals surface area (Å²) < 4.78 is 41.4. The summed E-state index contributed by atoms with van der Waals surface area (Å²) in [4.78, 5) is 23.6. The first-order valence-corrected chi connectivity index (χ1v) is 7.60. The highest BCUT2D eigenvalue weighted by Crippen LogP contribution is 2.17. The van der Waals surface area contributed by atoms with E-state index >= 15 is 0 Å². The van der Waals surface area contributed by atoms with Crippen molar-refractivity contribution >= 4 is 17.5 Å². The molecule has 3 N–H and O–H groups in total. The van der Waals surface area contributed by atoms with Crippen molar-refractivity contribution in [2.75, 3.05) is 32.1 Å². The highest BCUT2D eigenvalue weighted by Gasteiger charge is 2.28. The number of hydrogen-bond donors (Lipinski definition) is 3. The van der Waals surface area contributed by atoms with E-state index in [-0.39, 0.29) is 24.1 Å². The minimum Gasteiger partial charge on any atom is -0.383 e. The fourth-order valence-electron chi connectivity index (χ4n) is 2.03. The molecule has 0 saturated heterocycles. The van der Waals surface area contributed by atoms with E-state index in [0.29, 0.717) is 12.3 Å². The Morgan fingerprint density at radius 1 is 1.28 bits per heavy atom. The Morgan fingerprint density at radius 3 is 2.56 bits per heavy atom. The molecule has 0 heterocycles. The molecule has 0 aliphatic carbocycles. The lowest BCUT2D eigenvalue weighted by Gasteiger charge is -2.15. The van der Waals surface area contributed by atoms with Crippen LogP contribution in [0.5, 0.6) is 0 Å². The molecule has 0 saturated carbocycles. The minimum atomic E-state index is -4.47. The van der Waals surface area contributed by atoms with Crippen molar-refractivity contribution in [3.05, 3.63) is 29.3 Å². The van der Waals surface area contributed by atoms with Crippen LogP contribution in [0.15, 0.2) is 18.2 Å². The molecule has 140 valence electrons. The second-order valence-electron chi connectivity index (χ2n) is 5.61. The Bertz CT molecular complexity index is 606. The van der Waals surface area contributed by atoms with Crippen LogP contribution in [0.3, 0.4) is 0 Å². The molecule has 1 atom stereocenters. The van der Waals surface area contributed by atoms with Gasteiger partial charge in [0.1, 0.15) is 6.54 Å². The average Bonchev–Trinajstić information content (AvgIpc) is 2.51. The van der Waals surface area contributed by atoms with Crippen LogP contribution < -0.4 is 16.0 Å². The first-order valence-electron chi connectivity index (χ1n) is 7.60. The number of halogens is 3. The number of carbonyl (C=O) groups is 2. The molecule has 0 fully saturated rings. The van der Waals surface area contributed by atoms with Gasteiger partial charge in [0, 0.05) is 24.4 Å². The van der Waals surface area contributed by atoms with Crippen molar-refractivity contribution in [2.45, 2.75) is 26.1 Å². The summed E-state index contributed by atoms with van der Waals surface area (Å²) in [5, 5.41) is 7.39. The quantitative estimate of drug-likeness (QED) is 0.660. The predicted molar refractivity (Wildman–Crippen MR) is 87.5 cm³/mol. The summed E-state index contributed by atoms with van der Waals surface area (Å²) in [5.41, 5.74) is 1.32. The van der Waals surface area contributed by atoms with Gasteiger partial charge in [-0.3, -0.25) is 9.59 Å². The number of carbonyl (C=O) groups excluding carboxylic acids is 2. The molecule has 0 aliphatic rings. The third-order valence-corrected chi connectivity index (χ3v) is 3.21. The Morgan fingerprint density at radius 2 is 1.96 bits per heavy atom. The number of benzene rings is 1. The number of aryl methyl sites for hydroxylation is 1. The van der Waals surface area contributed by atoms with Gasteiger partial charge in [-0.1, -0.05) is 6.07 Å². The smallest absolute Gasteiger partial charge is 0.383 e. The van der Waals surface area contributed by atoms with Crippen LogP contribution >= 0.6 is 0 Å². The number of hydrogen-bond acceptors (Lipinski definition) is 4. The van der Waals surface area contributed by atoms with Gasteiger partial charge in [0.2, 0.25) is 5.91 Å². The van der Waals surface area contributed by atoms with Crippen molar-refractivity contribution in [1.82, 2.24) is 10.6 Å². The van der Waals surface area contributed by atoms with Gasteiger partial charge < -0.3 is 20.7 Å². The van der Waals surface area contributed by atoms with Crippen molar-refractivity contribution in [3.63, 3.8) is 0 Å². The van der Waals surface area contributed by atoms with Gasteiger partial charge in [0.15, 0.2) is 0 Å². The van der Waals surface area contributed by atoms with Gasteiger partial charge in [-0.2, -0.15) is 13.2 Å². The molecule has 1 unspecified atom stereocenters. The normalized spacial score (nSPS) is 12.4. The fraction of sp³-hybridized carbons (Fsp3) is 0.500. The molecule has 0 bridgehead atoms. The van der Waals surface area contributed by atoms with Gasteiger partial charge in [-0.05, 0) is 31.5 Å². The van der Waals surface area contributed by atoms with Crippen LogP contribution in [0.1, 0.15) is 22.8 Å². The third-order valence-electron chi connectivity index (χ3n) is 3.21. The Kier molecular flexibility index (Phi) is 7.69. The van der Waals surface area contributed by atoms with Crippen molar-refractivity contribution < 1.29 is 27.5 Å². The first-order chi connectivity index (χ1) is 11.6. The summed E-state index contributed by atoms with van der Waals surface area (Å²) >= 11 is 0. The number of anilines is 1. The molecule has 0 radical (unpaired) electrons. The fourth-order valence-corrected chi connectivity index (χ4v) is 2.03. The molecule has 1 aromatic rings. The second-order valence-corrected chi connectivity index (χ2v) is 5.61. The maximum absolute atomic E-state index is 12.2. The lowest BCUT2D eigenvalue weighted by Crippen LogP contribution is -2.39. The third kappa shape index (κ3) is 7.88. The number of amides is 2. The van der Waals surface area contributed by atoms with Gasteiger partial charge in [0.05, 0.1) is 13.2 Å². The van der Waals surface area contributed by atoms with E-state index in [4.69, 9.17) is 4.74 Å². The van der Waals surface area contributed by atoms with Gasteiger partial charge in [-0.15, -0.1) is 0 Å². The zero-order valence-corrected chi connectivity index (χ0v) is 14.3. The van der Waals surface area contributed by atoms with Crippen LogP contribution in [0, 0.1) is 6.92 Å². The molecule has 1 rings (SSSR count). The molecule has 2 amide bonds. The van der Waals surface area contributed by atoms with E-state index in [9.17, 15) is 22.8 Å². The molecule has 0 aromatic heterocycles. The second kappa shape index (κ2) is 9.26. The number of methoxy groups -OCH3 is 1. The highest BCUT2D eigenvalue weighted by molar-refractivity contribution is 5.95. The van der Waals surface area contributed by atoms with Crippen molar-refractivity contribution in [3.8, 4) is 0 Å². The van der Waals surface area contributed by atoms with E-state index in [1.807, 2.05) is 0 Å². The van der Waals surface area contributed by atoms with Gasteiger partial charge in [0.25, 0.3) is 5.91 Å². The molecular weight excluding hydrogens is 339 g/mol. The average molecular weight is 361 g/mol. The first kappa shape index (κ1) is 20.8. The molecule has 9 heteroatoms. The monoisotopic (exact) mass is 361 g/mol. The topological polar surface area (TPSA) is 79.5 Å². The van der Waals surface area contributed by atoms with Crippen LogP contribution in [0.4, 0.5) is 18.9 Å². The van der Waals surface area contributed by atoms with E-state index in [0.717, 1.165) is 5.56 Å². The Hall–Kier alpha value is -2.29. The number of nitrogens with one attached hydrogen (secondary N) is 3. The molecule has 0 spiro atoms. The zero-order valence-electron chi connectivity index (χ0n) is 14.3. The highest BCUT2D eigenvalue weighted by atomic mass is 19.4. The lowest BCUT2D eigenvalue weighted by atomic mass is 10.1. The molecule has 0 aliphatic heterocycles. The van der Waals surface area contributed by atoms with Crippen LogP contribution in [-0.2, 0) is 9.53 Å². The summed E-state index contributed by atoms with van der Waals surface area (Å²) in [6.45, 7) is 2.48. The maximum atomic E-state index is 12.2. The largest absolute Gasteiger partial charge is 0.405 e. The SMILES string of the molecule is COCC(C)NC(=O)CNc1cc(C(=O)NCC(F)(F)F)ccc1C. The molecular formula is C16H22F3N3O3. The van der Waals surface area contributed by atoms with Crippen LogP contribution in [-0.4, -0.2) is 50.8 Å². The van der Waals surface area contributed by atoms with Crippen molar-refractivity contribution in [2.24, 2.45) is 0 Å². The number of ether oxygens (including phenoxy) is 1. The molecule has 25 heavy (non-hydrogen) atoms. The zero-order chi connectivity index (χ0) is 19.0. The van der Waals surface area contributed by atoms with Crippen LogP contribution in [0.2, 0.25) is 0 Å². The predicted octanol–water partition coefficient (Wildman–Crippen LogP) is 1.85. The maximum Gasteiger partial charge on any atom is 0.405 e. The summed E-state index contributed by atoms with van der Waals surface area (Å²) in [6, 6.07) is 4.27. The molecule has 1 aromatic carbocycles. The minimum absolute atomic E-state index is 0.0392. The van der Waals surface area contributed by atoms with Crippen molar-refractivity contribution in [1.29, 1.82) is 0 Å². The Balaban J connectivity index is 2.65. The van der Waals surface area contributed by atoms with Gasteiger partial charge >= 0.3 is 6.18 Å². The van der Waals surface area contributed by atoms with E-state index in [1.165, 1.54) is 19.2 Å². The standard InChI is InChI=1S/C16H22F3N3O3/c1-10-4-5-12(15(24)21-9-16(17,18)19)6-13(10)20-7-14(23)22-11(2)8-25-3/h4-6,11,20H,7-9H2,1-3H3,(H,21,24)(H,22,23). The summed E-state index contributed by atoms with van der Waals surface area (Å²) in [5.74, 6) is -1.10. The molecule has 6 nitrogen and oxygen atoms in total. The lowest BCUT2D eigenvalue weighted by molar-refractivity contribution is -0.123.